The Labute approximate surface area is 113 Å². The highest BCUT2D eigenvalue weighted by molar-refractivity contribution is 4.92. The van der Waals surface area contributed by atoms with Crippen LogP contribution in [0.2, 0.25) is 0 Å². The number of rotatable bonds is 5. The second-order valence-electron chi connectivity index (χ2n) is 6.40. The van der Waals surface area contributed by atoms with Crippen LogP contribution in [0.15, 0.2) is 0 Å². The predicted octanol–water partition coefficient (Wildman–Crippen LogP) is 1.93. The minimum absolute atomic E-state index is 0.651. The zero-order chi connectivity index (χ0) is 13.1. The zero-order valence-electron chi connectivity index (χ0n) is 12.7. The Morgan fingerprint density at radius 2 is 1.89 bits per heavy atom. The van der Waals surface area contributed by atoms with E-state index in [-0.39, 0.29) is 0 Å². The van der Waals surface area contributed by atoms with Gasteiger partial charge in [-0.1, -0.05) is 6.92 Å². The fourth-order valence-corrected chi connectivity index (χ4v) is 3.38. The number of nitrogens with one attached hydrogen (secondary N) is 1. The molecule has 0 aromatic carbocycles. The Hall–Kier alpha value is -0.120. The molecule has 18 heavy (non-hydrogen) atoms. The van der Waals surface area contributed by atoms with E-state index in [9.17, 15) is 0 Å². The van der Waals surface area contributed by atoms with E-state index in [0.29, 0.717) is 12.1 Å². The number of fused-ring (bicyclic) bond motifs is 2. The summed E-state index contributed by atoms with van der Waals surface area (Å²) >= 11 is 0. The number of likely N-dealkylation sites (N-methyl/N-ethyl adjacent to an activating group) is 1. The van der Waals surface area contributed by atoms with Crippen LogP contribution in [0.25, 0.3) is 0 Å². The topological polar surface area (TPSA) is 18.5 Å². The van der Waals surface area contributed by atoms with Crippen molar-refractivity contribution in [2.45, 2.75) is 70.6 Å². The summed E-state index contributed by atoms with van der Waals surface area (Å²) in [6.07, 6.45) is 5.42. The zero-order valence-corrected chi connectivity index (χ0v) is 12.7. The molecule has 1 N–H and O–H groups in total. The van der Waals surface area contributed by atoms with Crippen LogP contribution in [0.4, 0.5) is 0 Å². The third-order valence-electron chi connectivity index (χ3n) is 5.18. The fraction of sp³-hybridized carbons (Fsp3) is 1.00. The van der Waals surface area contributed by atoms with E-state index in [1.165, 1.54) is 38.8 Å². The highest BCUT2D eigenvalue weighted by atomic mass is 15.3. The molecule has 0 radical (unpaired) electrons. The molecule has 0 aromatic rings. The lowest BCUT2D eigenvalue weighted by Crippen LogP contribution is -2.46. The maximum Gasteiger partial charge on any atom is 0.0223 e. The normalized spacial score (nSPS) is 33.3. The summed E-state index contributed by atoms with van der Waals surface area (Å²) in [5.74, 6) is 0. The smallest absolute Gasteiger partial charge is 0.0223 e. The van der Waals surface area contributed by atoms with Crippen molar-refractivity contribution in [2.24, 2.45) is 0 Å². The lowest BCUT2D eigenvalue weighted by atomic mass is 10.1. The molecule has 2 bridgehead atoms. The average Bonchev–Trinajstić information content (AvgIpc) is 2.60. The van der Waals surface area contributed by atoms with Gasteiger partial charge in [-0.3, -0.25) is 9.80 Å². The molecule has 0 aliphatic carbocycles. The molecule has 2 heterocycles. The second-order valence-corrected chi connectivity index (χ2v) is 6.40. The van der Waals surface area contributed by atoms with Crippen molar-refractivity contribution < 1.29 is 0 Å². The van der Waals surface area contributed by atoms with Crippen LogP contribution in [0.5, 0.6) is 0 Å². The van der Waals surface area contributed by atoms with Crippen LogP contribution >= 0.6 is 0 Å². The molecular formula is C15H31N3. The van der Waals surface area contributed by atoms with E-state index < -0.39 is 0 Å². The Morgan fingerprint density at radius 1 is 1.17 bits per heavy atom. The van der Waals surface area contributed by atoms with Crippen molar-refractivity contribution in [3.63, 3.8) is 0 Å². The monoisotopic (exact) mass is 253 g/mol. The summed E-state index contributed by atoms with van der Waals surface area (Å²) in [5.41, 5.74) is 0. The summed E-state index contributed by atoms with van der Waals surface area (Å²) in [6.45, 7) is 10.6. The average molecular weight is 253 g/mol. The van der Waals surface area contributed by atoms with Gasteiger partial charge in [0.05, 0.1) is 0 Å². The first-order valence-corrected chi connectivity index (χ1v) is 7.81. The second kappa shape index (κ2) is 6.36. The van der Waals surface area contributed by atoms with E-state index in [0.717, 1.165) is 18.6 Å². The first kappa shape index (κ1) is 14.3. The van der Waals surface area contributed by atoms with Gasteiger partial charge in [0.15, 0.2) is 0 Å². The minimum atomic E-state index is 0.651. The van der Waals surface area contributed by atoms with Gasteiger partial charge in [0.1, 0.15) is 0 Å². The van der Waals surface area contributed by atoms with Gasteiger partial charge in [-0.15, -0.1) is 0 Å². The van der Waals surface area contributed by atoms with Crippen LogP contribution in [0, 0.1) is 0 Å². The summed E-state index contributed by atoms with van der Waals surface area (Å²) < 4.78 is 0. The molecule has 0 saturated carbocycles. The summed E-state index contributed by atoms with van der Waals surface area (Å²) in [7, 11) is 2.33. The number of nitrogens with zero attached hydrogens (tertiary/aromatic N) is 2. The summed E-state index contributed by atoms with van der Waals surface area (Å²) in [6, 6.07) is 2.99. The minimum Gasteiger partial charge on any atom is -0.313 e. The van der Waals surface area contributed by atoms with Gasteiger partial charge < -0.3 is 5.32 Å². The van der Waals surface area contributed by atoms with Gasteiger partial charge in [-0.25, -0.2) is 0 Å². The molecule has 2 aliphatic heterocycles. The van der Waals surface area contributed by atoms with Crippen molar-refractivity contribution in [1.29, 1.82) is 0 Å². The van der Waals surface area contributed by atoms with Crippen molar-refractivity contribution in [3.8, 4) is 0 Å². The number of hydrogen-bond donors (Lipinski definition) is 1. The molecule has 0 aromatic heterocycles. The maximum absolute atomic E-state index is 3.65. The van der Waals surface area contributed by atoms with E-state index in [1.54, 1.807) is 0 Å². The standard InChI is InChI=1S/C15H31N3/c1-5-12(2)16-10-13(3)18-9-8-14-6-7-15(11-18)17(14)4/h12-16H,5-11H2,1-4H3. The number of likely N-dealkylation sites (tertiary alicyclic amines) is 1. The Morgan fingerprint density at radius 3 is 2.61 bits per heavy atom. The van der Waals surface area contributed by atoms with Gasteiger partial charge in [-0.2, -0.15) is 0 Å². The lowest BCUT2D eigenvalue weighted by molar-refractivity contribution is 0.175. The van der Waals surface area contributed by atoms with Gasteiger partial charge in [0.25, 0.3) is 0 Å². The van der Waals surface area contributed by atoms with Gasteiger partial charge in [0.2, 0.25) is 0 Å². The van der Waals surface area contributed by atoms with E-state index in [2.05, 4.69) is 42.9 Å². The van der Waals surface area contributed by atoms with Crippen LogP contribution in [-0.4, -0.2) is 60.6 Å². The molecule has 3 heteroatoms. The molecule has 106 valence electrons. The quantitative estimate of drug-likeness (QED) is 0.808. The van der Waals surface area contributed by atoms with Gasteiger partial charge in [0, 0.05) is 43.8 Å². The molecule has 4 unspecified atom stereocenters. The van der Waals surface area contributed by atoms with Crippen molar-refractivity contribution in [1.82, 2.24) is 15.1 Å². The highest BCUT2D eigenvalue weighted by Crippen LogP contribution is 2.28. The Kier molecular flexibility index (Phi) is 5.05. The number of hydrogen-bond acceptors (Lipinski definition) is 3. The predicted molar refractivity (Wildman–Crippen MR) is 78.0 cm³/mol. The Balaban J connectivity index is 1.82. The van der Waals surface area contributed by atoms with Gasteiger partial charge >= 0.3 is 0 Å². The Bertz CT molecular complexity index is 256. The van der Waals surface area contributed by atoms with Crippen LogP contribution in [0.3, 0.4) is 0 Å². The largest absolute Gasteiger partial charge is 0.313 e. The lowest BCUT2D eigenvalue weighted by Gasteiger charge is -2.31. The first-order chi connectivity index (χ1) is 8.61. The van der Waals surface area contributed by atoms with Crippen molar-refractivity contribution >= 4 is 0 Å². The molecule has 3 nitrogen and oxygen atoms in total. The molecule has 2 saturated heterocycles. The van der Waals surface area contributed by atoms with Crippen LogP contribution in [0.1, 0.15) is 46.5 Å². The highest BCUT2D eigenvalue weighted by Gasteiger charge is 2.35. The summed E-state index contributed by atoms with van der Waals surface area (Å²) in [5, 5.41) is 3.65. The van der Waals surface area contributed by atoms with Crippen LogP contribution in [-0.2, 0) is 0 Å². The van der Waals surface area contributed by atoms with Crippen LogP contribution < -0.4 is 5.32 Å². The summed E-state index contributed by atoms with van der Waals surface area (Å²) in [4.78, 5) is 5.34. The maximum atomic E-state index is 3.65. The molecule has 2 rings (SSSR count). The molecule has 0 spiro atoms. The fourth-order valence-electron chi connectivity index (χ4n) is 3.38. The van der Waals surface area contributed by atoms with Crippen molar-refractivity contribution in [3.05, 3.63) is 0 Å². The molecule has 0 amide bonds. The molecular weight excluding hydrogens is 222 g/mol. The van der Waals surface area contributed by atoms with E-state index >= 15 is 0 Å². The van der Waals surface area contributed by atoms with E-state index in [4.69, 9.17) is 0 Å². The van der Waals surface area contributed by atoms with Gasteiger partial charge in [-0.05, 0) is 46.6 Å². The molecule has 2 fully saturated rings. The SMILES string of the molecule is CCC(C)NCC(C)N1CCC2CCC(C1)N2C. The third-order valence-corrected chi connectivity index (χ3v) is 5.18. The first-order valence-electron chi connectivity index (χ1n) is 7.81. The third kappa shape index (κ3) is 3.25. The molecule has 2 aliphatic rings. The molecule has 4 atom stereocenters. The van der Waals surface area contributed by atoms with E-state index in [1.807, 2.05) is 0 Å². The van der Waals surface area contributed by atoms with Crippen molar-refractivity contribution in [2.75, 3.05) is 26.7 Å².